The van der Waals surface area contributed by atoms with Gasteiger partial charge in [0.15, 0.2) is 0 Å². The number of rotatable bonds is 0. The summed E-state index contributed by atoms with van der Waals surface area (Å²) in [5.41, 5.74) is 7.08. The number of fused-ring (bicyclic) bond motifs is 5. The maximum atomic E-state index is 3.36. The van der Waals surface area contributed by atoms with E-state index in [0.29, 0.717) is 5.41 Å². The lowest BCUT2D eigenvalue weighted by molar-refractivity contribution is 0.0813. The molecule has 4 atom stereocenters. The number of aryl methyl sites for hydroxylation is 2. The Hall–Kier alpha value is -1.30. The topological polar surface area (TPSA) is 0 Å². The highest BCUT2D eigenvalue weighted by molar-refractivity contribution is 5.38. The van der Waals surface area contributed by atoms with Crippen molar-refractivity contribution < 1.29 is 0 Å². The Morgan fingerprint density at radius 2 is 1.77 bits per heavy atom. The van der Waals surface area contributed by atoms with Crippen LogP contribution in [0.4, 0.5) is 0 Å². The summed E-state index contributed by atoms with van der Waals surface area (Å²) >= 11 is 0. The van der Waals surface area contributed by atoms with Crippen LogP contribution in [0, 0.1) is 24.2 Å². The third-order valence-electron chi connectivity index (χ3n) is 7.08. The maximum Gasteiger partial charge on any atom is -0.00851 e. The molecule has 0 N–H and O–H groups in total. The zero-order valence-corrected chi connectivity index (χ0v) is 18.1. The van der Waals surface area contributed by atoms with Gasteiger partial charge in [-0.3, -0.25) is 0 Å². The van der Waals surface area contributed by atoms with E-state index in [1.165, 1.54) is 44.1 Å². The van der Waals surface area contributed by atoms with E-state index in [0.717, 1.165) is 17.8 Å². The monoisotopic (exact) mass is 352 g/mol. The lowest BCUT2D eigenvalue weighted by atomic mass is 9.55. The van der Waals surface area contributed by atoms with Crippen LogP contribution in [0.2, 0.25) is 0 Å². The molecule has 4 unspecified atom stereocenters. The summed E-state index contributed by atoms with van der Waals surface area (Å²) < 4.78 is 0. The van der Waals surface area contributed by atoms with E-state index < -0.39 is 0 Å². The second-order valence-corrected chi connectivity index (χ2v) is 8.33. The zero-order valence-electron chi connectivity index (χ0n) is 18.1. The van der Waals surface area contributed by atoms with Crippen molar-refractivity contribution in [3.05, 3.63) is 59.2 Å². The molecule has 0 heteroatoms. The van der Waals surface area contributed by atoms with Gasteiger partial charge in [-0.15, -0.1) is 6.58 Å². The van der Waals surface area contributed by atoms with Crippen LogP contribution < -0.4 is 0 Å². The van der Waals surface area contributed by atoms with Crippen LogP contribution in [0.1, 0.15) is 89.3 Å². The van der Waals surface area contributed by atoms with E-state index in [4.69, 9.17) is 0 Å². The fourth-order valence-corrected chi connectivity index (χ4v) is 6.03. The number of hydrogen-bond donors (Lipinski definition) is 0. The van der Waals surface area contributed by atoms with Crippen LogP contribution in [0.15, 0.2) is 42.5 Å². The SMILES string of the molecule is C/C=C1/CCC2C3CCc4cc(C)ccc4C3CCC12C.C=CC.CC. The molecule has 0 amide bonds. The van der Waals surface area contributed by atoms with Crippen molar-refractivity contribution in [1.82, 2.24) is 0 Å². The molecule has 2 saturated carbocycles. The Balaban J connectivity index is 0.000000444. The van der Waals surface area contributed by atoms with Gasteiger partial charge in [-0.2, -0.15) is 0 Å². The van der Waals surface area contributed by atoms with Gasteiger partial charge in [-0.05, 0) is 93.6 Å². The van der Waals surface area contributed by atoms with E-state index in [9.17, 15) is 0 Å². The Morgan fingerprint density at radius 3 is 2.42 bits per heavy atom. The summed E-state index contributed by atoms with van der Waals surface area (Å²) in [6.45, 7) is 16.3. The average Bonchev–Trinajstić information content (AvgIpc) is 3.00. The predicted octanol–water partition coefficient (Wildman–Crippen LogP) is 8.02. The second kappa shape index (κ2) is 9.07. The molecule has 0 heterocycles. The zero-order chi connectivity index (χ0) is 19.3. The van der Waals surface area contributed by atoms with Crippen LogP contribution in [0.5, 0.6) is 0 Å². The highest BCUT2D eigenvalue weighted by Crippen LogP contribution is 2.62. The van der Waals surface area contributed by atoms with Crippen LogP contribution in [-0.2, 0) is 6.42 Å². The van der Waals surface area contributed by atoms with Crippen molar-refractivity contribution in [3.8, 4) is 0 Å². The summed E-state index contributed by atoms with van der Waals surface area (Å²) in [6, 6.07) is 7.24. The van der Waals surface area contributed by atoms with Gasteiger partial charge in [0.25, 0.3) is 0 Å². The van der Waals surface area contributed by atoms with Crippen molar-refractivity contribution in [2.75, 3.05) is 0 Å². The van der Waals surface area contributed by atoms with Crippen molar-refractivity contribution >= 4 is 0 Å². The fraction of sp³-hybridized carbons (Fsp3) is 0.615. The second-order valence-electron chi connectivity index (χ2n) is 8.33. The summed E-state index contributed by atoms with van der Waals surface area (Å²) in [5, 5.41) is 0. The van der Waals surface area contributed by atoms with Crippen molar-refractivity contribution in [2.24, 2.45) is 17.3 Å². The number of hydrogen-bond acceptors (Lipinski definition) is 0. The molecule has 0 bridgehead atoms. The van der Waals surface area contributed by atoms with Gasteiger partial charge in [0.2, 0.25) is 0 Å². The molecule has 1 aromatic rings. The van der Waals surface area contributed by atoms with Gasteiger partial charge < -0.3 is 0 Å². The third kappa shape index (κ3) is 3.71. The van der Waals surface area contributed by atoms with Crippen LogP contribution in [0.25, 0.3) is 0 Å². The molecule has 1 aromatic carbocycles. The molecule has 0 saturated heterocycles. The van der Waals surface area contributed by atoms with Gasteiger partial charge in [0, 0.05) is 0 Å². The first-order valence-electron chi connectivity index (χ1n) is 10.9. The van der Waals surface area contributed by atoms with Crippen LogP contribution in [0.3, 0.4) is 0 Å². The largest absolute Gasteiger partial charge is 0.103 e. The van der Waals surface area contributed by atoms with Gasteiger partial charge >= 0.3 is 0 Å². The molecule has 4 rings (SSSR count). The van der Waals surface area contributed by atoms with Crippen LogP contribution >= 0.6 is 0 Å². The van der Waals surface area contributed by atoms with E-state index >= 15 is 0 Å². The van der Waals surface area contributed by atoms with Crippen molar-refractivity contribution in [3.63, 3.8) is 0 Å². The van der Waals surface area contributed by atoms with E-state index in [1.807, 2.05) is 20.8 Å². The Bertz CT molecular complexity index is 635. The lowest BCUT2D eigenvalue weighted by Gasteiger charge is -2.49. The molecule has 26 heavy (non-hydrogen) atoms. The minimum absolute atomic E-state index is 0.526. The quantitative estimate of drug-likeness (QED) is 0.415. The third-order valence-corrected chi connectivity index (χ3v) is 7.08. The summed E-state index contributed by atoms with van der Waals surface area (Å²) in [4.78, 5) is 0. The van der Waals surface area contributed by atoms with Crippen molar-refractivity contribution in [1.29, 1.82) is 0 Å². The van der Waals surface area contributed by atoms with Gasteiger partial charge in [0.1, 0.15) is 0 Å². The highest BCUT2D eigenvalue weighted by atomic mass is 14.6. The van der Waals surface area contributed by atoms with Crippen LogP contribution in [-0.4, -0.2) is 0 Å². The molecule has 0 aromatic heterocycles. The number of allylic oxidation sites excluding steroid dienone is 3. The molecule has 3 aliphatic carbocycles. The lowest BCUT2D eigenvalue weighted by Crippen LogP contribution is -2.40. The molecular weight excluding hydrogens is 312 g/mol. The minimum atomic E-state index is 0.526. The molecule has 3 aliphatic rings. The molecule has 2 fully saturated rings. The smallest absolute Gasteiger partial charge is 0.00851 e. The molecule has 0 nitrogen and oxygen atoms in total. The first kappa shape index (κ1) is 21.0. The molecular formula is C26H40. The molecule has 0 spiro atoms. The summed E-state index contributed by atoms with van der Waals surface area (Å²) in [5.74, 6) is 2.73. The standard InChI is InChI=1S/C21H28.C3H6.C2H6/c1-4-16-7-10-20-19-9-6-15-13-14(2)5-8-17(15)18(19)11-12-21(16,20)3;1-3-2;1-2/h4-5,8,13,18-20H,6-7,9-12H2,1-3H3;3H,1H2,2H3;1-2H3/b16-4-;;. The van der Waals surface area contributed by atoms with E-state index in [1.54, 1.807) is 22.8 Å². The van der Waals surface area contributed by atoms with Gasteiger partial charge in [0.05, 0.1) is 0 Å². The fourth-order valence-electron chi connectivity index (χ4n) is 6.03. The first-order valence-corrected chi connectivity index (χ1v) is 10.9. The molecule has 0 radical (unpaired) electrons. The van der Waals surface area contributed by atoms with Crippen molar-refractivity contribution in [2.45, 2.75) is 86.0 Å². The first-order chi connectivity index (χ1) is 12.5. The maximum absolute atomic E-state index is 3.36. The predicted molar refractivity (Wildman–Crippen MR) is 117 cm³/mol. The normalized spacial score (nSPS) is 32.8. The summed E-state index contributed by atoms with van der Waals surface area (Å²) in [7, 11) is 0. The average molecular weight is 353 g/mol. The Kier molecular flexibility index (Phi) is 7.33. The van der Waals surface area contributed by atoms with E-state index in [2.05, 4.69) is 51.6 Å². The van der Waals surface area contributed by atoms with Gasteiger partial charge in [-0.25, -0.2) is 0 Å². The Morgan fingerprint density at radius 1 is 1.08 bits per heavy atom. The van der Waals surface area contributed by atoms with E-state index in [-0.39, 0.29) is 0 Å². The summed E-state index contributed by atoms with van der Waals surface area (Å²) in [6.07, 6.45) is 12.5. The van der Waals surface area contributed by atoms with Gasteiger partial charge in [-0.1, -0.05) is 62.3 Å². The number of benzene rings is 1. The molecule has 144 valence electrons. The highest BCUT2D eigenvalue weighted by Gasteiger charge is 2.52. The minimum Gasteiger partial charge on any atom is -0.103 e. The Labute approximate surface area is 162 Å². The molecule has 0 aliphatic heterocycles.